The Hall–Kier alpha value is -1.17. The second-order valence-corrected chi connectivity index (χ2v) is 11.3. The van der Waals surface area contributed by atoms with E-state index in [0.717, 1.165) is 0 Å². The van der Waals surface area contributed by atoms with Crippen LogP contribution < -0.4 is 0 Å². The van der Waals surface area contributed by atoms with Crippen molar-refractivity contribution in [3.05, 3.63) is 0 Å². The van der Waals surface area contributed by atoms with Crippen LogP contribution in [0.3, 0.4) is 0 Å². The Kier molecular flexibility index (Phi) is 45.2. The molecule has 0 saturated heterocycles. The van der Waals surface area contributed by atoms with E-state index in [-0.39, 0.29) is 25.1 Å². The number of rotatable bonds is 47. The van der Waals surface area contributed by atoms with E-state index in [1.54, 1.807) is 21.1 Å². The number of hydrogen-bond donors (Lipinski definition) is 0. The van der Waals surface area contributed by atoms with Crippen LogP contribution in [-0.4, -0.2) is 225 Å². The second-order valence-electron chi connectivity index (χ2n) is 11.3. The van der Waals surface area contributed by atoms with Crippen LogP contribution in [0.1, 0.15) is 6.92 Å². The topological polar surface area (TPSA) is 174 Å². The normalized spacial score (nSPS) is 12.7. The smallest absolute Gasteiger partial charge is 0.311 e. The van der Waals surface area contributed by atoms with Gasteiger partial charge in [-0.05, 0) is 6.92 Å². The highest BCUT2D eigenvalue weighted by Crippen LogP contribution is 2.03. The first-order chi connectivity index (χ1) is 26.7. The van der Waals surface area contributed by atoms with Gasteiger partial charge in [0.15, 0.2) is 0 Å². The minimum Gasteiger partial charge on any atom is -0.463 e. The van der Waals surface area contributed by atoms with Crippen LogP contribution in [0, 0.1) is 5.92 Å². The molecule has 2 unspecified atom stereocenters. The lowest BCUT2D eigenvalue weighted by atomic mass is 10.2. The molecule has 54 heavy (non-hydrogen) atoms. The molecule has 0 saturated carbocycles. The van der Waals surface area contributed by atoms with E-state index < -0.39 is 6.10 Å². The fourth-order valence-electron chi connectivity index (χ4n) is 3.85. The molecule has 0 spiro atoms. The summed E-state index contributed by atoms with van der Waals surface area (Å²) in [5.41, 5.74) is 0. The Morgan fingerprint density at radius 1 is 0.333 bits per heavy atom. The van der Waals surface area contributed by atoms with E-state index in [1.807, 2.05) is 0 Å². The number of esters is 1. The summed E-state index contributed by atoms with van der Waals surface area (Å²) in [6.45, 7) is 14.9. The van der Waals surface area contributed by atoms with Crippen LogP contribution in [0.15, 0.2) is 0 Å². The quantitative estimate of drug-likeness (QED) is 0.0622. The van der Waals surface area contributed by atoms with Gasteiger partial charge in [0.25, 0.3) is 0 Å². The van der Waals surface area contributed by atoms with Crippen LogP contribution in [-0.2, 0) is 85.3 Å². The second kappa shape index (κ2) is 46.2. The lowest BCUT2D eigenvalue weighted by Gasteiger charge is -2.19. The molecular formula is C36H72O18. The third kappa shape index (κ3) is 42.0. The van der Waals surface area contributed by atoms with Gasteiger partial charge in [-0.3, -0.25) is 4.79 Å². The minimum atomic E-state index is -0.415. The number of ether oxygens (including phenoxy) is 17. The molecule has 2 atom stereocenters. The van der Waals surface area contributed by atoms with Gasteiger partial charge in [-0.1, -0.05) is 0 Å². The van der Waals surface area contributed by atoms with Crippen molar-refractivity contribution in [1.82, 2.24) is 0 Å². The maximum Gasteiger partial charge on any atom is 0.311 e. The minimum absolute atomic E-state index is 0.0810. The Balaban J connectivity index is 3.35. The van der Waals surface area contributed by atoms with Crippen LogP contribution in [0.2, 0.25) is 0 Å². The van der Waals surface area contributed by atoms with E-state index in [1.165, 1.54) is 7.11 Å². The average molecular weight is 793 g/mol. The van der Waals surface area contributed by atoms with Gasteiger partial charge < -0.3 is 80.5 Å². The molecule has 0 amide bonds. The maximum atomic E-state index is 12.1. The summed E-state index contributed by atoms with van der Waals surface area (Å²) in [4.78, 5) is 12.1. The number of hydrogen-bond acceptors (Lipinski definition) is 18. The van der Waals surface area contributed by atoms with E-state index in [4.69, 9.17) is 80.5 Å². The maximum absolute atomic E-state index is 12.1. The molecule has 0 aliphatic carbocycles. The van der Waals surface area contributed by atoms with Gasteiger partial charge in [-0.15, -0.1) is 0 Å². The van der Waals surface area contributed by atoms with Crippen molar-refractivity contribution in [3.8, 4) is 0 Å². The molecule has 0 aromatic heterocycles. The highest BCUT2D eigenvalue weighted by Gasteiger charge is 2.18. The number of methoxy groups -OCH3 is 3. The lowest BCUT2D eigenvalue weighted by molar-refractivity contribution is -0.156. The molecule has 0 aliphatic rings. The van der Waals surface area contributed by atoms with Crippen molar-refractivity contribution in [2.24, 2.45) is 5.92 Å². The third-order valence-corrected chi connectivity index (χ3v) is 6.70. The van der Waals surface area contributed by atoms with E-state index in [9.17, 15) is 4.79 Å². The molecule has 0 aliphatic heterocycles. The zero-order valence-corrected chi connectivity index (χ0v) is 33.5. The summed E-state index contributed by atoms with van der Waals surface area (Å²) in [6.07, 6.45) is -0.415. The fourth-order valence-corrected chi connectivity index (χ4v) is 3.85. The summed E-state index contributed by atoms with van der Waals surface area (Å²) in [7, 11) is 4.78. The van der Waals surface area contributed by atoms with Gasteiger partial charge >= 0.3 is 5.97 Å². The van der Waals surface area contributed by atoms with Crippen LogP contribution >= 0.6 is 0 Å². The molecule has 18 nitrogen and oxygen atoms in total. The van der Waals surface area contributed by atoms with Gasteiger partial charge in [0.2, 0.25) is 0 Å². The summed E-state index contributed by atoms with van der Waals surface area (Å²) in [5.74, 6) is -0.702. The van der Waals surface area contributed by atoms with Crippen molar-refractivity contribution in [1.29, 1.82) is 0 Å². The van der Waals surface area contributed by atoms with Gasteiger partial charge in [0.05, 0.1) is 191 Å². The Morgan fingerprint density at radius 2 is 0.611 bits per heavy atom. The predicted octanol–water partition coefficient (Wildman–Crippen LogP) is 0.689. The molecule has 0 aromatic carbocycles. The van der Waals surface area contributed by atoms with Gasteiger partial charge in [0, 0.05) is 21.3 Å². The first-order valence-corrected chi connectivity index (χ1v) is 18.8. The zero-order valence-electron chi connectivity index (χ0n) is 33.5. The third-order valence-electron chi connectivity index (χ3n) is 6.70. The van der Waals surface area contributed by atoms with Crippen molar-refractivity contribution in [3.63, 3.8) is 0 Å². The Labute approximate surface area is 323 Å². The predicted molar refractivity (Wildman–Crippen MR) is 195 cm³/mol. The molecule has 0 radical (unpaired) electrons. The molecule has 0 N–H and O–H groups in total. The fraction of sp³-hybridized carbons (Fsp3) is 0.972. The van der Waals surface area contributed by atoms with Gasteiger partial charge in [0.1, 0.15) is 12.7 Å². The standard InChI is InChI=1S/C36H72O18/c1-34(31-40-4)36(37)54-33-35(32-52-8-6-39-3)53-30-29-51-28-27-50-26-25-49-24-23-48-22-21-47-20-19-46-18-17-45-16-15-44-14-13-43-12-11-42-10-9-41-7-5-38-2/h34-35H,5-33H2,1-4H3. The number of carbonyl (C=O) groups excluding carboxylic acids is 1. The van der Waals surface area contributed by atoms with E-state index >= 15 is 0 Å². The largest absolute Gasteiger partial charge is 0.463 e. The number of carbonyl (C=O) groups is 1. The van der Waals surface area contributed by atoms with Gasteiger partial charge in [-0.2, -0.15) is 0 Å². The molecule has 0 aromatic rings. The summed E-state index contributed by atoms with van der Waals surface area (Å²) >= 11 is 0. The lowest BCUT2D eigenvalue weighted by Crippen LogP contribution is -2.31. The molecule has 18 heteroatoms. The summed E-state index contributed by atoms with van der Waals surface area (Å²) in [5, 5.41) is 0. The van der Waals surface area contributed by atoms with Crippen LogP contribution in [0.4, 0.5) is 0 Å². The molecule has 0 fully saturated rings. The van der Waals surface area contributed by atoms with E-state index in [2.05, 4.69) is 0 Å². The summed E-state index contributed by atoms with van der Waals surface area (Å²) in [6, 6.07) is 0. The van der Waals surface area contributed by atoms with Crippen molar-refractivity contribution in [2.45, 2.75) is 13.0 Å². The first-order valence-electron chi connectivity index (χ1n) is 18.8. The monoisotopic (exact) mass is 792 g/mol. The zero-order chi connectivity index (χ0) is 39.3. The average Bonchev–Trinajstić information content (AvgIpc) is 3.18. The highest BCUT2D eigenvalue weighted by molar-refractivity contribution is 5.72. The van der Waals surface area contributed by atoms with E-state index in [0.29, 0.717) is 178 Å². The molecule has 0 rings (SSSR count). The van der Waals surface area contributed by atoms with Crippen molar-refractivity contribution < 1.29 is 85.3 Å². The van der Waals surface area contributed by atoms with Crippen molar-refractivity contribution >= 4 is 5.97 Å². The molecule has 0 heterocycles. The SMILES string of the molecule is COCCOCCOCCOCCOCCOCCOCCOCCOCCOCCOCCOCCOC(COCCOC)COC(=O)C(C)COC. The molecular weight excluding hydrogens is 720 g/mol. The highest BCUT2D eigenvalue weighted by atomic mass is 16.6. The van der Waals surface area contributed by atoms with Crippen molar-refractivity contribution in [2.75, 3.05) is 213 Å². The molecule has 324 valence electrons. The first kappa shape index (κ1) is 52.8. The van der Waals surface area contributed by atoms with Crippen LogP contribution in [0.25, 0.3) is 0 Å². The van der Waals surface area contributed by atoms with Gasteiger partial charge in [-0.25, -0.2) is 0 Å². The molecule has 0 bridgehead atoms. The Morgan fingerprint density at radius 3 is 0.907 bits per heavy atom. The van der Waals surface area contributed by atoms with Crippen LogP contribution in [0.5, 0.6) is 0 Å². The Bertz CT molecular complexity index is 725. The summed E-state index contributed by atoms with van der Waals surface area (Å²) < 4.78 is 91.7.